The molecule has 1 aliphatic heterocycles. The van der Waals surface area contributed by atoms with Gasteiger partial charge in [0, 0.05) is 42.3 Å². The fourth-order valence-corrected chi connectivity index (χ4v) is 3.79. The predicted octanol–water partition coefficient (Wildman–Crippen LogP) is 3.72. The lowest BCUT2D eigenvalue weighted by molar-refractivity contribution is 0.0628. The molecule has 0 spiro atoms. The summed E-state index contributed by atoms with van der Waals surface area (Å²) < 4.78 is 0. The maximum absolute atomic E-state index is 12.6. The van der Waals surface area contributed by atoms with Crippen LogP contribution in [-0.4, -0.2) is 46.9 Å². The number of rotatable bonds is 3. The van der Waals surface area contributed by atoms with Crippen LogP contribution in [0.2, 0.25) is 10.0 Å². The topological polar surface area (TPSA) is 36.4 Å². The Balaban J connectivity index is 1.60. The highest BCUT2D eigenvalue weighted by atomic mass is 35.5. The Morgan fingerprint density at radius 3 is 2.65 bits per heavy atom. The molecule has 0 unspecified atom stereocenters. The van der Waals surface area contributed by atoms with E-state index in [1.165, 1.54) is 0 Å². The van der Waals surface area contributed by atoms with E-state index in [0.29, 0.717) is 28.7 Å². The molecule has 0 atom stereocenters. The van der Waals surface area contributed by atoms with Gasteiger partial charge in [-0.2, -0.15) is 0 Å². The van der Waals surface area contributed by atoms with Gasteiger partial charge in [0.25, 0.3) is 5.91 Å². The molecule has 0 aliphatic carbocycles. The first kappa shape index (κ1) is 16.7. The fourth-order valence-electron chi connectivity index (χ4n) is 2.61. The van der Waals surface area contributed by atoms with Crippen molar-refractivity contribution in [3.63, 3.8) is 0 Å². The average molecular weight is 370 g/mol. The van der Waals surface area contributed by atoms with Gasteiger partial charge in [-0.1, -0.05) is 23.2 Å². The van der Waals surface area contributed by atoms with E-state index in [1.54, 1.807) is 29.5 Å². The van der Waals surface area contributed by atoms with Crippen LogP contribution in [0.5, 0.6) is 0 Å². The second-order valence-electron chi connectivity index (χ2n) is 5.58. The molecule has 2 heterocycles. The number of hydrogen-bond acceptors (Lipinski definition) is 4. The third-order valence-corrected chi connectivity index (χ3v) is 5.36. The molecule has 0 radical (unpaired) electrons. The highest BCUT2D eigenvalue weighted by molar-refractivity contribution is 7.09. The Labute approximate surface area is 149 Å². The summed E-state index contributed by atoms with van der Waals surface area (Å²) in [6.07, 6.45) is 0. The number of halogens is 2. The number of carbonyl (C=O) groups is 1. The zero-order chi connectivity index (χ0) is 16.4. The summed E-state index contributed by atoms with van der Waals surface area (Å²) in [4.78, 5) is 21.2. The van der Waals surface area contributed by atoms with Crippen molar-refractivity contribution >= 4 is 40.4 Å². The van der Waals surface area contributed by atoms with Crippen molar-refractivity contribution < 1.29 is 4.79 Å². The van der Waals surface area contributed by atoms with Crippen LogP contribution in [0, 0.1) is 6.92 Å². The highest BCUT2D eigenvalue weighted by Crippen LogP contribution is 2.23. The predicted molar refractivity (Wildman–Crippen MR) is 94.5 cm³/mol. The van der Waals surface area contributed by atoms with Crippen LogP contribution in [0.1, 0.15) is 21.1 Å². The third kappa shape index (κ3) is 4.04. The standard InChI is InChI=1S/C16H17Cl2N3OS/c1-11-10-23-15(19-11)9-20-4-6-21(7-5-20)16(22)13-8-12(17)2-3-14(13)18/h2-3,8,10H,4-7,9H2,1H3. The van der Waals surface area contributed by atoms with Crippen LogP contribution >= 0.6 is 34.5 Å². The molecule has 122 valence electrons. The Bertz CT molecular complexity index is 711. The second-order valence-corrected chi connectivity index (χ2v) is 7.36. The number of piperazine rings is 1. The largest absolute Gasteiger partial charge is 0.336 e. The average Bonchev–Trinajstić information content (AvgIpc) is 2.95. The lowest BCUT2D eigenvalue weighted by Gasteiger charge is -2.34. The minimum absolute atomic E-state index is 0.0535. The third-order valence-electron chi connectivity index (χ3n) is 3.84. The van der Waals surface area contributed by atoms with E-state index in [4.69, 9.17) is 23.2 Å². The molecule has 23 heavy (non-hydrogen) atoms. The summed E-state index contributed by atoms with van der Waals surface area (Å²) in [5.41, 5.74) is 1.54. The van der Waals surface area contributed by atoms with Crippen molar-refractivity contribution in [3.8, 4) is 0 Å². The van der Waals surface area contributed by atoms with Gasteiger partial charge in [0.15, 0.2) is 0 Å². The number of thiazole rings is 1. The molecule has 1 aromatic heterocycles. The van der Waals surface area contributed by atoms with Gasteiger partial charge < -0.3 is 4.90 Å². The van der Waals surface area contributed by atoms with Crippen molar-refractivity contribution in [1.82, 2.24) is 14.8 Å². The van der Waals surface area contributed by atoms with Crippen molar-refractivity contribution in [2.45, 2.75) is 13.5 Å². The van der Waals surface area contributed by atoms with Crippen LogP contribution < -0.4 is 0 Å². The molecular formula is C16H17Cl2N3OS. The van der Waals surface area contributed by atoms with Gasteiger partial charge >= 0.3 is 0 Å². The molecule has 1 aliphatic rings. The van der Waals surface area contributed by atoms with Crippen LogP contribution in [0.4, 0.5) is 0 Å². The minimum atomic E-state index is -0.0535. The van der Waals surface area contributed by atoms with E-state index < -0.39 is 0 Å². The van der Waals surface area contributed by atoms with Crippen molar-refractivity contribution in [1.29, 1.82) is 0 Å². The molecular weight excluding hydrogens is 353 g/mol. The SMILES string of the molecule is Cc1csc(CN2CCN(C(=O)c3cc(Cl)ccc3Cl)CC2)n1. The summed E-state index contributed by atoms with van der Waals surface area (Å²) in [5.74, 6) is -0.0535. The van der Waals surface area contributed by atoms with Gasteiger partial charge in [-0.25, -0.2) is 4.98 Å². The normalized spacial score (nSPS) is 15.9. The van der Waals surface area contributed by atoms with Crippen LogP contribution in [-0.2, 0) is 6.54 Å². The number of aryl methyl sites for hydroxylation is 1. The number of aromatic nitrogens is 1. The molecule has 7 heteroatoms. The molecule has 4 nitrogen and oxygen atoms in total. The molecule has 1 fully saturated rings. The smallest absolute Gasteiger partial charge is 0.255 e. The van der Waals surface area contributed by atoms with E-state index in [-0.39, 0.29) is 5.91 Å². The van der Waals surface area contributed by atoms with E-state index in [1.807, 2.05) is 11.8 Å². The summed E-state index contributed by atoms with van der Waals surface area (Å²) >= 11 is 13.8. The Morgan fingerprint density at radius 1 is 1.26 bits per heavy atom. The van der Waals surface area contributed by atoms with Crippen molar-refractivity contribution in [3.05, 3.63) is 49.9 Å². The molecule has 0 saturated carbocycles. The first-order valence-corrected chi connectivity index (χ1v) is 9.04. The first-order valence-electron chi connectivity index (χ1n) is 7.40. The lowest BCUT2D eigenvalue weighted by atomic mass is 10.2. The van der Waals surface area contributed by atoms with Crippen LogP contribution in [0.15, 0.2) is 23.6 Å². The number of benzene rings is 1. The van der Waals surface area contributed by atoms with Crippen LogP contribution in [0.25, 0.3) is 0 Å². The maximum Gasteiger partial charge on any atom is 0.255 e. The van der Waals surface area contributed by atoms with Gasteiger partial charge in [0.1, 0.15) is 5.01 Å². The van der Waals surface area contributed by atoms with Gasteiger partial charge in [-0.15, -0.1) is 11.3 Å². The van der Waals surface area contributed by atoms with Gasteiger partial charge in [-0.3, -0.25) is 9.69 Å². The van der Waals surface area contributed by atoms with Crippen molar-refractivity contribution in [2.24, 2.45) is 0 Å². The van der Waals surface area contributed by atoms with E-state index >= 15 is 0 Å². The fraction of sp³-hybridized carbons (Fsp3) is 0.375. The molecule has 1 saturated heterocycles. The zero-order valence-corrected chi connectivity index (χ0v) is 15.1. The number of nitrogens with zero attached hydrogens (tertiary/aromatic N) is 3. The van der Waals surface area contributed by atoms with Gasteiger partial charge in [0.05, 0.1) is 17.1 Å². The molecule has 2 aromatic rings. The zero-order valence-electron chi connectivity index (χ0n) is 12.8. The van der Waals surface area contributed by atoms with Gasteiger partial charge in [0.2, 0.25) is 0 Å². The summed E-state index contributed by atoms with van der Waals surface area (Å²) in [6.45, 7) is 5.90. The quantitative estimate of drug-likeness (QED) is 0.826. The molecule has 0 N–H and O–H groups in total. The minimum Gasteiger partial charge on any atom is -0.336 e. The van der Waals surface area contributed by atoms with E-state index in [2.05, 4.69) is 15.3 Å². The molecule has 1 amide bonds. The summed E-state index contributed by atoms with van der Waals surface area (Å²) in [5, 5.41) is 4.16. The Kier molecular flexibility index (Phi) is 5.21. The van der Waals surface area contributed by atoms with Gasteiger partial charge in [-0.05, 0) is 25.1 Å². The Hall–Kier alpha value is -1.14. The monoisotopic (exact) mass is 369 g/mol. The first-order chi connectivity index (χ1) is 11.0. The van der Waals surface area contributed by atoms with Crippen LogP contribution in [0.3, 0.4) is 0 Å². The van der Waals surface area contributed by atoms with E-state index in [9.17, 15) is 4.79 Å². The Morgan fingerprint density at radius 2 is 2.00 bits per heavy atom. The number of hydrogen-bond donors (Lipinski definition) is 0. The van der Waals surface area contributed by atoms with E-state index in [0.717, 1.165) is 30.3 Å². The maximum atomic E-state index is 12.6. The summed E-state index contributed by atoms with van der Waals surface area (Å²) in [6, 6.07) is 4.99. The molecule has 3 rings (SSSR count). The van der Waals surface area contributed by atoms with Crippen molar-refractivity contribution in [2.75, 3.05) is 26.2 Å². The molecule has 0 bridgehead atoms. The second kappa shape index (κ2) is 7.18. The lowest BCUT2D eigenvalue weighted by Crippen LogP contribution is -2.48. The molecule has 1 aromatic carbocycles. The summed E-state index contributed by atoms with van der Waals surface area (Å²) in [7, 11) is 0. The highest BCUT2D eigenvalue weighted by Gasteiger charge is 2.24. The number of amides is 1. The number of carbonyl (C=O) groups excluding carboxylic acids is 1.